The lowest BCUT2D eigenvalue weighted by Gasteiger charge is -2.35. The summed E-state index contributed by atoms with van der Waals surface area (Å²) >= 11 is 5.76. The maximum atomic E-state index is 13.1. The Kier molecular flexibility index (Phi) is 5.78. The van der Waals surface area contributed by atoms with Gasteiger partial charge in [-0.15, -0.1) is 0 Å². The van der Waals surface area contributed by atoms with Gasteiger partial charge in [-0.2, -0.15) is 0 Å². The van der Waals surface area contributed by atoms with Gasteiger partial charge in [0.25, 0.3) is 0 Å². The number of ether oxygens (including phenoxy) is 1. The molecule has 0 saturated carbocycles. The molecule has 0 aliphatic carbocycles. The predicted octanol–water partition coefficient (Wildman–Crippen LogP) is 2.68. The molecule has 1 heterocycles. The molecule has 1 unspecified atom stereocenters. The lowest BCUT2D eigenvalue weighted by atomic mass is 10.2. The minimum Gasteiger partial charge on any atom is -0.374 e. The van der Waals surface area contributed by atoms with E-state index >= 15 is 0 Å². The Bertz CT molecular complexity index is 442. The molecule has 0 amide bonds. The summed E-state index contributed by atoms with van der Waals surface area (Å²) in [7, 11) is 0. The third kappa shape index (κ3) is 4.42. The van der Waals surface area contributed by atoms with E-state index in [2.05, 4.69) is 24.1 Å². The summed E-state index contributed by atoms with van der Waals surface area (Å²) in [6.07, 6.45) is 0.210. The van der Waals surface area contributed by atoms with Crippen molar-refractivity contribution in [2.24, 2.45) is 0 Å². The zero-order chi connectivity index (χ0) is 14.5. The number of benzene rings is 1. The number of hydrogen-bond donors (Lipinski definition) is 1. The normalized spacial score (nSPS) is 20.6. The monoisotopic (exact) mass is 300 g/mol. The number of nitrogens with zero attached hydrogens (tertiary/aromatic N) is 1. The smallest absolute Gasteiger partial charge is 0.141 e. The van der Waals surface area contributed by atoms with E-state index in [1.54, 1.807) is 12.1 Å². The summed E-state index contributed by atoms with van der Waals surface area (Å²) in [4.78, 5) is 2.42. The molecule has 0 spiro atoms. The fourth-order valence-corrected chi connectivity index (χ4v) is 2.56. The SMILES string of the molecule is CC(C)N1CCOC(CNCc2ccc(F)c(Cl)c2)C1. The zero-order valence-electron chi connectivity index (χ0n) is 12.0. The molecular weight excluding hydrogens is 279 g/mol. The summed E-state index contributed by atoms with van der Waals surface area (Å²) < 4.78 is 18.8. The van der Waals surface area contributed by atoms with Gasteiger partial charge in [0.2, 0.25) is 0 Å². The van der Waals surface area contributed by atoms with Crippen LogP contribution in [0.2, 0.25) is 5.02 Å². The van der Waals surface area contributed by atoms with E-state index in [-0.39, 0.29) is 16.9 Å². The number of nitrogens with one attached hydrogen (secondary N) is 1. The average molecular weight is 301 g/mol. The highest BCUT2D eigenvalue weighted by Gasteiger charge is 2.21. The number of rotatable bonds is 5. The van der Waals surface area contributed by atoms with Crippen LogP contribution in [0, 0.1) is 5.82 Å². The summed E-state index contributed by atoms with van der Waals surface area (Å²) in [5.74, 6) is -0.376. The van der Waals surface area contributed by atoms with Crippen LogP contribution in [0.1, 0.15) is 19.4 Å². The molecule has 112 valence electrons. The van der Waals surface area contributed by atoms with Gasteiger partial charge in [-0.1, -0.05) is 17.7 Å². The van der Waals surface area contributed by atoms with Gasteiger partial charge in [-0.25, -0.2) is 4.39 Å². The summed E-state index contributed by atoms with van der Waals surface area (Å²) in [6, 6.07) is 5.36. The molecule has 0 radical (unpaired) electrons. The first kappa shape index (κ1) is 15.7. The first-order valence-corrected chi connectivity index (χ1v) is 7.44. The highest BCUT2D eigenvalue weighted by molar-refractivity contribution is 6.30. The Morgan fingerprint density at radius 1 is 1.50 bits per heavy atom. The van der Waals surface area contributed by atoms with Crippen LogP contribution < -0.4 is 5.32 Å². The fraction of sp³-hybridized carbons (Fsp3) is 0.600. The average Bonchev–Trinajstić information content (AvgIpc) is 2.43. The van der Waals surface area contributed by atoms with Crippen molar-refractivity contribution in [2.45, 2.75) is 32.5 Å². The maximum absolute atomic E-state index is 13.1. The molecule has 1 fully saturated rings. The van der Waals surface area contributed by atoms with E-state index < -0.39 is 0 Å². The Morgan fingerprint density at radius 3 is 3.00 bits per heavy atom. The molecule has 1 N–H and O–H groups in total. The lowest BCUT2D eigenvalue weighted by Crippen LogP contribution is -2.48. The van der Waals surface area contributed by atoms with Crippen molar-refractivity contribution in [3.63, 3.8) is 0 Å². The van der Waals surface area contributed by atoms with Crippen molar-refractivity contribution < 1.29 is 9.13 Å². The standard InChI is InChI=1S/C15H22ClFN2O/c1-11(2)19-5-6-20-13(10-19)9-18-8-12-3-4-15(17)14(16)7-12/h3-4,7,11,13,18H,5-6,8-10H2,1-2H3. The second-order valence-electron chi connectivity index (χ2n) is 5.46. The van der Waals surface area contributed by atoms with Crippen molar-refractivity contribution in [3.8, 4) is 0 Å². The Hall–Kier alpha value is -0.680. The largest absolute Gasteiger partial charge is 0.374 e. The fourth-order valence-electron chi connectivity index (χ4n) is 2.36. The van der Waals surface area contributed by atoms with E-state index in [0.717, 1.165) is 31.8 Å². The molecule has 1 aliphatic heterocycles. The molecule has 5 heteroatoms. The molecule has 1 atom stereocenters. The predicted molar refractivity (Wildman–Crippen MR) is 79.6 cm³/mol. The van der Waals surface area contributed by atoms with Crippen LogP contribution in [-0.4, -0.2) is 43.3 Å². The molecule has 0 aromatic heterocycles. The van der Waals surface area contributed by atoms with Crippen LogP contribution in [0.15, 0.2) is 18.2 Å². The van der Waals surface area contributed by atoms with Crippen molar-refractivity contribution in [1.29, 1.82) is 0 Å². The highest BCUT2D eigenvalue weighted by atomic mass is 35.5. The molecule has 2 rings (SSSR count). The van der Waals surface area contributed by atoms with E-state index in [9.17, 15) is 4.39 Å². The Labute approximate surface area is 125 Å². The van der Waals surface area contributed by atoms with Gasteiger partial charge in [0.05, 0.1) is 17.7 Å². The molecular formula is C15H22ClFN2O. The molecule has 1 aliphatic rings. The van der Waals surface area contributed by atoms with Crippen LogP contribution in [0.25, 0.3) is 0 Å². The van der Waals surface area contributed by atoms with Gasteiger partial charge in [0, 0.05) is 32.2 Å². The topological polar surface area (TPSA) is 24.5 Å². The van der Waals surface area contributed by atoms with Crippen LogP contribution in [0.4, 0.5) is 4.39 Å². The van der Waals surface area contributed by atoms with Gasteiger partial charge >= 0.3 is 0 Å². The maximum Gasteiger partial charge on any atom is 0.141 e. The first-order valence-electron chi connectivity index (χ1n) is 7.06. The summed E-state index contributed by atoms with van der Waals surface area (Å²) in [6.45, 7) is 8.61. The van der Waals surface area contributed by atoms with Crippen LogP contribution in [0.3, 0.4) is 0 Å². The lowest BCUT2D eigenvalue weighted by molar-refractivity contribution is -0.0372. The minimum atomic E-state index is -0.376. The zero-order valence-corrected chi connectivity index (χ0v) is 12.8. The summed E-state index contributed by atoms with van der Waals surface area (Å²) in [5.41, 5.74) is 0.980. The van der Waals surface area contributed by atoms with Crippen molar-refractivity contribution in [3.05, 3.63) is 34.6 Å². The number of morpholine rings is 1. The Balaban J connectivity index is 1.76. The molecule has 1 aromatic carbocycles. The van der Waals surface area contributed by atoms with Crippen LogP contribution >= 0.6 is 11.6 Å². The number of hydrogen-bond acceptors (Lipinski definition) is 3. The third-order valence-electron chi connectivity index (χ3n) is 3.59. The molecule has 3 nitrogen and oxygen atoms in total. The van der Waals surface area contributed by atoms with Gasteiger partial charge in [0.1, 0.15) is 5.82 Å². The third-order valence-corrected chi connectivity index (χ3v) is 3.88. The van der Waals surface area contributed by atoms with Gasteiger partial charge < -0.3 is 10.1 Å². The van der Waals surface area contributed by atoms with Crippen molar-refractivity contribution >= 4 is 11.6 Å². The second kappa shape index (κ2) is 7.36. The quantitative estimate of drug-likeness (QED) is 0.905. The van der Waals surface area contributed by atoms with Gasteiger partial charge in [-0.05, 0) is 31.5 Å². The molecule has 1 aromatic rings. The molecule has 0 bridgehead atoms. The van der Waals surface area contributed by atoms with E-state index in [1.165, 1.54) is 6.07 Å². The molecule has 20 heavy (non-hydrogen) atoms. The first-order chi connectivity index (χ1) is 9.56. The summed E-state index contributed by atoms with van der Waals surface area (Å²) in [5, 5.41) is 3.52. The van der Waals surface area contributed by atoms with Crippen LogP contribution in [-0.2, 0) is 11.3 Å². The van der Waals surface area contributed by atoms with E-state index in [0.29, 0.717) is 12.6 Å². The van der Waals surface area contributed by atoms with Gasteiger partial charge in [-0.3, -0.25) is 4.90 Å². The van der Waals surface area contributed by atoms with Crippen molar-refractivity contribution in [1.82, 2.24) is 10.2 Å². The number of halogens is 2. The van der Waals surface area contributed by atoms with E-state index in [1.807, 2.05) is 0 Å². The second-order valence-corrected chi connectivity index (χ2v) is 5.87. The van der Waals surface area contributed by atoms with Crippen molar-refractivity contribution in [2.75, 3.05) is 26.2 Å². The highest BCUT2D eigenvalue weighted by Crippen LogP contribution is 2.16. The van der Waals surface area contributed by atoms with E-state index in [4.69, 9.17) is 16.3 Å². The molecule has 1 saturated heterocycles. The van der Waals surface area contributed by atoms with Gasteiger partial charge in [0.15, 0.2) is 0 Å². The Morgan fingerprint density at radius 2 is 2.30 bits per heavy atom. The van der Waals surface area contributed by atoms with Crippen LogP contribution in [0.5, 0.6) is 0 Å². The minimum absolute atomic E-state index is 0.171.